The van der Waals surface area contributed by atoms with Gasteiger partial charge in [-0.25, -0.2) is 9.90 Å². The number of hydrogen-bond acceptors (Lipinski definition) is 1. The second-order valence-electron chi connectivity index (χ2n) is 0.238. The van der Waals surface area contributed by atoms with Crippen LogP contribution in [0, 0.1) is 0 Å². The molecule has 0 amide bonds. The maximum absolute atomic E-state index is 8.81. The Labute approximate surface area is 31.6 Å². The van der Waals surface area contributed by atoms with Crippen molar-refractivity contribution in [2.45, 2.75) is 0 Å². The predicted molar refractivity (Wildman–Crippen MR) is 15.0 cm³/mol. The lowest BCUT2D eigenvalue weighted by Crippen LogP contribution is -1.60. The lowest BCUT2D eigenvalue weighted by Gasteiger charge is -1.46. The van der Waals surface area contributed by atoms with Crippen LogP contribution >= 0.6 is 15.9 Å². The van der Waals surface area contributed by atoms with Crippen molar-refractivity contribution in [1.82, 2.24) is 0 Å². The summed E-state index contributed by atoms with van der Waals surface area (Å²) in [7, 11) is 0. The maximum Gasteiger partial charge on any atom is 0.420 e. The average Bonchev–Trinajstić information content (AvgIpc) is 0.811. The van der Waals surface area contributed by atoms with E-state index in [9.17, 15) is 0 Å². The van der Waals surface area contributed by atoms with E-state index in [2.05, 4.69) is 15.9 Å². The van der Waals surface area contributed by atoms with Gasteiger partial charge in [-0.15, -0.1) is 0 Å². The molecule has 0 N–H and O–H groups in total. The minimum atomic E-state index is -1.27. The Morgan fingerprint density at radius 2 is 1.75 bits per heavy atom. The van der Waals surface area contributed by atoms with Gasteiger partial charge in [-0.05, 0) is 0 Å². The third kappa shape index (κ3) is 704. The molecule has 0 aromatic carbocycles. The van der Waals surface area contributed by atoms with E-state index < -0.39 is 4.88 Å². The molecule has 0 saturated heterocycles. The summed E-state index contributed by atoms with van der Waals surface area (Å²) in [5.74, 6) is 0. The largest absolute Gasteiger partial charge is 0.420 e. The average molecular weight is 124 g/mol. The van der Waals surface area contributed by atoms with Crippen LogP contribution in [0.4, 0.5) is 4.79 Å². The zero-order chi connectivity index (χ0) is 3.58. The molecule has 23 valence electrons. The van der Waals surface area contributed by atoms with Crippen molar-refractivity contribution >= 4 is 20.8 Å². The highest BCUT2D eigenvalue weighted by atomic mass is 79.9. The Hall–Kier alpha value is -0.0500. The fourth-order valence-electron chi connectivity index (χ4n) is 0. The summed E-state index contributed by atoms with van der Waals surface area (Å²) >= 11 is 2.08. The lowest BCUT2D eigenvalue weighted by atomic mass is 11.7. The number of halogens is 1. The molecule has 3 heteroatoms. The van der Waals surface area contributed by atoms with Gasteiger partial charge in [-0.1, -0.05) is 0 Å². The molecule has 0 aliphatic rings. The van der Waals surface area contributed by atoms with Gasteiger partial charge in [-0.2, -0.15) is 0 Å². The summed E-state index contributed by atoms with van der Waals surface area (Å²) in [6, 6.07) is 0. The molecule has 0 aromatic heterocycles. The fraction of sp³-hybridized carbons (Fsp3) is 0. The highest BCUT2D eigenvalue weighted by Crippen LogP contribution is 1.75. The van der Waals surface area contributed by atoms with E-state index in [0.29, 0.717) is 0 Å². The van der Waals surface area contributed by atoms with Crippen molar-refractivity contribution in [1.29, 1.82) is 0 Å². The van der Waals surface area contributed by atoms with Gasteiger partial charge in [-0.3, -0.25) is 0 Å². The van der Waals surface area contributed by atoms with Crippen LogP contribution in [0.15, 0.2) is 0 Å². The van der Waals surface area contributed by atoms with Crippen molar-refractivity contribution in [2.24, 2.45) is 0 Å². The maximum atomic E-state index is 8.81. The van der Waals surface area contributed by atoms with Crippen molar-refractivity contribution in [2.75, 3.05) is 0 Å². The monoisotopic (exact) mass is 123 g/mol. The molecule has 0 rings (SSSR count). The molecule has 0 aliphatic carbocycles. The summed E-state index contributed by atoms with van der Waals surface area (Å²) < 4.78 is 0. The smallest absolute Gasteiger partial charge is 0.234 e. The summed E-state index contributed by atoms with van der Waals surface area (Å²) in [6.07, 6.45) is 0. The van der Waals surface area contributed by atoms with Crippen molar-refractivity contribution in [3.8, 4) is 0 Å². The van der Waals surface area contributed by atoms with Crippen LogP contribution in [0.25, 0.3) is 0 Å². The second-order valence-corrected chi connectivity index (χ2v) is 0.885. The number of hydrogen-bond donors (Lipinski definition) is 0. The zero-order valence-corrected chi connectivity index (χ0v) is 3.28. The molecule has 0 bridgehead atoms. The Kier molecular flexibility index (Phi) is 1.27. The highest BCUT2D eigenvalue weighted by molar-refractivity contribution is 9.18. The van der Waals surface area contributed by atoms with E-state index in [1.807, 2.05) is 0 Å². The molecule has 0 unspecified atom stereocenters. The van der Waals surface area contributed by atoms with Crippen molar-refractivity contribution in [3.63, 3.8) is 0 Å². The Morgan fingerprint density at radius 3 is 1.75 bits per heavy atom. The predicted octanol–water partition coefficient (Wildman–Crippen LogP) is 0.932. The molecule has 0 saturated carbocycles. The summed E-state index contributed by atoms with van der Waals surface area (Å²) in [5.41, 5.74) is 0. The summed E-state index contributed by atoms with van der Waals surface area (Å²) in [5, 5.41) is 8.81. The molecule has 0 spiro atoms. The number of rotatable bonds is 0. The molecule has 0 aromatic rings. The van der Waals surface area contributed by atoms with Crippen LogP contribution < -0.4 is 0 Å². The van der Waals surface area contributed by atoms with Crippen LogP contribution in [-0.4, -0.2) is 4.88 Å². The van der Waals surface area contributed by atoms with Gasteiger partial charge >= 0.3 is 4.88 Å². The molecule has 4 heavy (non-hydrogen) atoms. The molecule has 0 aliphatic heterocycles. The van der Waals surface area contributed by atoms with Crippen molar-refractivity contribution < 1.29 is 9.90 Å². The van der Waals surface area contributed by atoms with Gasteiger partial charge in [0, 0.05) is 15.9 Å². The van der Waals surface area contributed by atoms with Gasteiger partial charge < -0.3 is 0 Å². The minimum absolute atomic E-state index is 1.27. The molecule has 0 atom stereocenters. The first-order valence-corrected chi connectivity index (χ1v) is 1.39. The first kappa shape index (κ1) is 3.95. The quantitative estimate of drug-likeness (QED) is 0.442. The lowest BCUT2D eigenvalue weighted by molar-refractivity contribution is 0.200. The van der Waals surface area contributed by atoms with Crippen LogP contribution in [-0.2, 0) is 5.11 Å². The van der Waals surface area contributed by atoms with E-state index >= 15 is 0 Å². The molecule has 0 fully saturated rings. The van der Waals surface area contributed by atoms with Crippen molar-refractivity contribution in [3.05, 3.63) is 0 Å². The van der Waals surface area contributed by atoms with Gasteiger partial charge in [0.15, 0.2) is 0 Å². The van der Waals surface area contributed by atoms with Crippen LogP contribution in [0.1, 0.15) is 0 Å². The third-order valence-corrected chi connectivity index (χ3v) is 0. The normalized spacial score (nSPS) is 6.25. The van der Waals surface area contributed by atoms with E-state index in [-0.39, 0.29) is 0 Å². The van der Waals surface area contributed by atoms with Gasteiger partial charge in [0.2, 0.25) is 0 Å². The van der Waals surface area contributed by atoms with Crippen LogP contribution in [0.5, 0.6) is 0 Å². The number of carbonyl (C=O) groups is 1. The van der Waals surface area contributed by atoms with E-state index in [4.69, 9.17) is 9.90 Å². The fourth-order valence-corrected chi connectivity index (χ4v) is 0. The highest BCUT2D eigenvalue weighted by Gasteiger charge is 1.76. The van der Waals surface area contributed by atoms with Crippen LogP contribution in [0.2, 0.25) is 0 Å². The van der Waals surface area contributed by atoms with E-state index in [1.54, 1.807) is 0 Å². The first-order chi connectivity index (χ1) is 1.73. The summed E-state index contributed by atoms with van der Waals surface area (Å²) in [4.78, 5) is 7.53. The summed E-state index contributed by atoms with van der Waals surface area (Å²) in [6.45, 7) is 0. The second kappa shape index (κ2) is 1.29. The SMILES string of the molecule is [O]C(=O)Br. The molecular weight excluding hydrogens is 124 g/mol. The number of carbonyl (C=O) groups excluding carboxylic acids is 1. The Balaban J connectivity index is 2.80. The van der Waals surface area contributed by atoms with Gasteiger partial charge in [0.1, 0.15) is 0 Å². The first-order valence-electron chi connectivity index (χ1n) is 0.597. The van der Waals surface area contributed by atoms with E-state index in [1.165, 1.54) is 0 Å². The Bertz CT molecular complexity index is 29.0. The topological polar surface area (TPSA) is 37.0 Å². The standard InChI is InChI=1S/CBrO2/c2-1(3)4. The molecule has 2 nitrogen and oxygen atoms in total. The third-order valence-electron chi connectivity index (χ3n) is 0. The molecular formula is CBrO2. The molecule has 1 radical (unpaired) electrons. The minimum Gasteiger partial charge on any atom is -0.234 e. The Morgan fingerprint density at radius 1 is 1.75 bits per heavy atom. The molecule has 0 heterocycles. The van der Waals surface area contributed by atoms with Gasteiger partial charge in [0.05, 0.1) is 0 Å². The van der Waals surface area contributed by atoms with E-state index in [0.717, 1.165) is 0 Å². The van der Waals surface area contributed by atoms with Gasteiger partial charge in [0.25, 0.3) is 0 Å². The zero-order valence-electron chi connectivity index (χ0n) is 1.69. The van der Waals surface area contributed by atoms with Crippen LogP contribution in [0.3, 0.4) is 0 Å².